The Labute approximate surface area is 187 Å². The van der Waals surface area contributed by atoms with Crippen molar-refractivity contribution in [2.24, 2.45) is 4.99 Å². The molecule has 0 radical (unpaired) electrons. The lowest BCUT2D eigenvalue weighted by Gasteiger charge is -2.36. The van der Waals surface area contributed by atoms with E-state index in [9.17, 15) is 0 Å². The van der Waals surface area contributed by atoms with Crippen LogP contribution in [0.4, 0.5) is 0 Å². The van der Waals surface area contributed by atoms with Crippen LogP contribution in [0.25, 0.3) is 4.96 Å². The number of hydrogen-bond donors (Lipinski definition) is 1. The van der Waals surface area contributed by atoms with Crippen molar-refractivity contribution in [2.75, 3.05) is 46.9 Å². The third kappa shape index (κ3) is 5.11. The van der Waals surface area contributed by atoms with Crippen molar-refractivity contribution < 1.29 is 9.47 Å². The molecule has 166 valence electrons. The first-order valence-corrected chi connectivity index (χ1v) is 11.5. The molecule has 0 saturated carbocycles. The van der Waals surface area contributed by atoms with Crippen molar-refractivity contribution in [3.05, 3.63) is 47.2 Å². The van der Waals surface area contributed by atoms with Crippen molar-refractivity contribution in [1.29, 1.82) is 0 Å². The van der Waals surface area contributed by atoms with Gasteiger partial charge in [0.25, 0.3) is 0 Å². The van der Waals surface area contributed by atoms with Crippen molar-refractivity contribution in [1.82, 2.24) is 24.5 Å². The van der Waals surface area contributed by atoms with Gasteiger partial charge in [-0.2, -0.15) is 0 Å². The number of nitrogens with zero attached hydrogens (tertiary/aromatic N) is 5. The summed E-state index contributed by atoms with van der Waals surface area (Å²) < 4.78 is 13.0. The highest BCUT2D eigenvalue weighted by atomic mass is 32.1. The van der Waals surface area contributed by atoms with Crippen LogP contribution in [0.2, 0.25) is 0 Å². The number of methoxy groups -OCH3 is 2. The molecule has 2 aromatic heterocycles. The Morgan fingerprint density at radius 1 is 1.19 bits per heavy atom. The number of thiazole rings is 1. The highest BCUT2D eigenvalue weighted by molar-refractivity contribution is 7.15. The number of rotatable bonds is 7. The molecule has 0 amide bonds. The van der Waals surface area contributed by atoms with E-state index < -0.39 is 0 Å². The quantitative estimate of drug-likeness (QED) is 0.448. The smallest absolute Gasteiger partial charge is 0.194 e. The first-order valence-electron chi connectivity index (χ1n) is 10.6. The Morgan fingerprint density at radius 3 is 2.74 bits per heavy atom. The third-order valence-corrected chi connectivity index (χ3v) is 6.19. The standard InChI is InChI=1S/C22H30N6O2S/c1-4-23-21(24-14-18-16-28-11-12-31-22(28)25-18)27-9-7-26(8-10-27)15-17-13-19(29-2)5-6-20(17)30-3/h5-6,11-13,16H,4,7-10,14-15H2,1-3H3,(H,23,24). The summed E-state index contributed by atoms with van der Waals surface area (Å²) in [5.41, 5.74) is 2.14. The average molecular weight is 443 g/mol. The lowest BCUT2D eigenvalue weighted by molar-refractivity contribution is 0.171. The van der Waals surface area contributed by atoms with E-state index in [2.05, 4.69) is 39.3 Å². The summed E-state index contributed by atoms with van der Waals surface area (Å²) in [6.07, 6.45) is 4.08. The molecule has 1 fully saturated rings. The maximum atomic E-state index is 5.54. The fourth-order valence-corrected chi connectivity index (χ4v) is 4.52. The lowest BCUT2D eigenvalue weighted by atomic mass is 10.1. The van der Waals surface area contributed by atoms with E-state index >= 15 is 0 Å². The second kappa shape index (κ2) is 10.0. The second-order valence-electron chi connectivity index (χ2n) is 7.44. The van der Waals surface area contributed by atoms with Crippen LogP contribution >= 0.6 is 11.3 Å². The van der Waals surface area contributed by atoms with Crippen LogP contribution in [-0.4, -0.2) is 72.1 Å². The van der Waals surface area contributed by atoms with Gasteiger partial charge in [0.2, 0.25) is 0 Å². The molecule has 3 heterocycles. The Balaban J connectivity index is 1.37. The summed E-state index contributed by atoms with van der Waals surface area (Å²) in [6.45, 7) is 8.15. The zero-order valence-corrected chi connectivity index (χ0v) is 19.2. The molecule has 31 heavy (non-hydrogen) atoms. The Bertz CT molecular complexity index is 994. The summed E-state index contributed by atoms with van der Waals surface area (Å²) in [5.74, 6) is 2.71. The van der Waals surface area contributed by atoms with E-state index in [0.29, 0.717) is 6.54 Å². The molecule has 0 atom stereocenters. The molecule has 0 spiro atoms. The minimum Gasteiger partial charge on any atom is -0.497 e. The van der Waals surface area contributed by atoms with Gasteiger partial charge in [0, 0.05) is 62.6 Å². The van der Waals surface area contributed by atoms with Gasteiger partial charge < -0.3 is 19.7 Å². The molecule has 8 nitrogen and oxygen atoms in total. The third-order valence-electron chi connectivity index (χ3n) is 5.42. The van der Waals surface area contributed by atoms with Gasteiger partial charge in [0.15, 0.2) is 10.9 Å². The number of piperazine rings is 1. The van der Waals surface area contributed by atoms with Gasteiger partial charge in [-0.25, -0.2) is 9.98 Å². The Morgan fingerprint density at radius 2 is 2.03 bits per heavy atom. The first-order chi connectivity index (χ1) is 15.2. The van der Waals surface area contributed by atoms with E-state index in [1.54, 1.807) is 25.6 Å². The van der Waals surface area contributed by atoms with Crippen molar-refractivity contribution in [2.45, 2.75) is 20.0 Å². The van der Waals surface area contributed by atoms with Crippen LogP contribution < -0.4 is 14.8 Å². The van der Waals surface area contributed by atoms with Crippen LogP contribution in [-0.2, 0) is 13.1 Å². The van der Waals surface area contributed by atoms with Gasteiger partial charge in [-0.15, -0.1) is 11.3 Å². The number of ether oxygens (including phenoxy) is 2. The number of benzene rings is 1. The van der Waals surface area contributed by atoms with Gasteiger partial charge >= 0.3 is 0 Å². The highest BCUT2D eigenvalue weighted by Gasteiger charge is 2.21. The first kappa shape index (κ1) is 21.5. The zero-order valence-electron chi connectivity index (χ0n) is 18.4. The van der Waals surface area contributed by atoms with Crippen LogP contribution in [0.5, 0.6) is 11.5 Å². The number of guanidine groups is 1. The van der Waals surface area contributed by atoms with Gasteiger partial charge in [0.1, 0.15) is 11.5 Å². The fourth-order valence-electron chi connectivity index (χ4n) is 3.80. The van der Waals surface area contributed by atoms with Gasteiger partial charge in [-0.05, 0) is 25.1 Å². The topological polar surface area (TPSA) is 66.6 Å². The van der Waals surface area contributed by atoms with Gasteiger partial charge in [-0.1, -0.05) is 0 Å². The minimum absolute atomic E-state index is 0.581. The number of aromatic nitrogens is 2. The van der Waals surface area contributed by atoms with E-state index in [1.807, 2.05) is 28.1 Å². The molecule has 0 unspecified atom stereocenters. The van der Waals surface area contributed by atoms with Crippen LogP contribution in [0, 0.1) is 0 Å². The summed E-state index contributed by atoms with van der Waals surface area (Å²) in [4.78, 5) is 15.3. The number of fused-ring (bicyclic) bond motifs is 1. The van der Waals surface area contributed by atoms with E-state index in [0.717, 1.165) is 72.9 Å². The summed E-state index contributed by atoms with van der Waals surface area (Å²) in [7, 11) is 3.41. The van der Waals surface area contributed by atoms with Gasteiger partial charge in [0.05, 0.1) is 26.5 Å². The lowest BCUT2D eigenvalue weighted by Crippen LogP contribution is -2.52. The monoisotopic (exact) mass is 442 g/mol. The molecular weight excluding hydrogens is 412 g/mol. The number of imidazole rings is 1. The van der Waals surface area contributed by atoms with E-state index in [1.165, 1.54) is 0 Å². The molecule has 1 aliphatic heterocycles. The molecule has 1 aliphatic rings. The second-order valence-corrected chi connectivity index (χ2v) is 8.31. The molecule has 9 heteroatoms. The maximum absolute atomic E-state index is 5.54. The molecule has 3 aromatic rings. The average Bonchev–Trinajstić information content (AvgIpc) is 3.39. The molecule has 1 N–H and O–H groups in total. The van der Waals surface area contributed by atoms with Crippen LogP contribution in [0.15, 0.2) is 41.0 Å². The minimum atomic E-state index is 0.581. The normalized spacial score (nSPS) is 15.5. The van der Waals surface area contributed by atoms with Crippen molar-refractivity contribution >= 4 is 22.3 Å². The summed E-state index contributed by atoms with van der Waals surface area (Å²) >= 11 is 1.64. The maximum Gasteiger partial charge on any atom is 0.194 e. The number of hydrogen-bond acceptors (Lipinski definition) is 6. The number of nitrogens with one attached hydrogen (secondary N) is 1. The molecule has 4 rings (SSSR count). The Kier molecular flexibility index (Phi) is 6.93. The SMILES string of the molecule is CCNC(=NCc1cn2ccsc2n1)N1CCN(Cc2cc(OC)ccc2OC)CC1. The summed E-state index contributed by atoms with van der Waals surface area (Å²) in [5, 5.41) is 5.48. The van der Waals surface area contributed by atoms with Crippen molar-refractivity contribution in [3.63, 3.8) is 0 Å². The van der Waals surface area contributed by atoms with E-state index in [-0.39, 0.29) is 0 Å². The number of aliphatic imine (C=N–C) groups is 1. The summed E-state index contributed by atoms with van der Waals surface area (Å²) in [6, 6.07) is 5.97. The van der Waals surface area contributed by atoms with Gasteiger partial charge in [-0.3, -0.25) is 9.30 Å². The fraction of sp³-hybridized carbons (Fsp3) is 0.455. The predicted molar refractivity (Wildman–Crippen MR) is 124 cm³/mol. The molecule has 0 aliphatic carbocycles. The molecule has 0 bridgehead atoms. The predicted octanol–water partition coefficient (Wildman–Crippen LogP) is 2.70. The largest absolute Gasteiger partial charge is 0.497 e. The van der Waals surface area contributed by atoms with Crippen LogP contribution in [0.1, 0.15) is 18.2 Å². The molecule has 1 saturated heterocycles. The molecule has 1 aromatic carbocycles. The zero-order chi connectivity index (χ0) is 21.6. The van der Waals surface area contributed by atoms with E-state index in [4.69, 9.17) is 14.5 Å². The Hall–Kier alpha value is -2.78. The van der Waals surface area contributed by atoms with Crippen LogP contribution in [0.3, 0.4) is 0 Å². The highest BCUT2D eigenvalue weighted by Crippen LogP contribution is 2.25. The molecular formula is C22H30N6O2S. The van der Waals surface area contributed by atoms with Crippen molar-refractivity contribution in [3.8, 4) is 11.5 Å².